The van der Waals surface area contributed by atoms with Gasteiger partial charge in [-0.25, -0.2) is 4.79 Å². The molecule has 0 atom stereocenters. The highest BCUT2D eigenvalue weighted by Gasteiger charge is 2.10. The van der Waals surface area contributed by atoms with Crippen molar-refractivity contribution in [3.8, 4) is 5.75 Å². The van der Waals surface area contributed by atoms with Gasteiger partial charge in [0.05, 0.1) is 7.11 Å². The van der Waals surface area contributed by atoms with E-state index in [1.165, 1.54) is 24.9 Å². The smallest absolute Gasteiger partial charge is 0.323 e. The normalized spacial score (nSPS) is 14.3. The van der Waals surface area contributed by atoms with Crippen LogP contribution in [-0.4, -0.2) is 26.2 Å². The van der Waals surface area contributed by atoms with E-state index in [-0.39, 0.29) is 6.03 Å². The van der Waals surface area contributed by atoms with Gasteiger partial charge in [-0.05, 0) is 67.3 Å². The molecule has 3 rings (SSSR count). The molecule has 2 N–H and O–H groups in total. The summed E-state index contributed by atoms with van der Waals surface area (Å²) in [6.07, 6.45) is 7.26. The summed E-state index contributed by atoms with van der Waals surface area (Å²) in [5.74, 6) is 0.783. The van der Waals surface area contributed by atoms with Crippen LogP contribution < -0.4 is 20.3 Å². The van der Waals surface area contributed by atoms with E-state index in [9.17, 15) is 4.79 Å². The fourth-order valence-electron chi connectivity index (χ4n) is 3.03. The summed E-state index contributed by atoms with van der Waals surface area (Å²) >= 11 is 0. The number of benzene rings is 2. The topological polar surface area (TPSA) is 53.6 Å². The van der Waals surface area contributed by atoms with Gasteiger partial charge in [0.2, 0.25) is 0 Å². The van der Waals surface area contributed by atoms with E-state index in [0.29, 0.717) is 0 Å². The third kappa shape index (κ3) is 5.02. The van der Waals surface area contributed by atoms with Crippen LogP contribution in [0.2, 0.25) is 0 Å². The molecule has 1 aliphatic rings. The first-order chi connectivity index (χ1) is 12.7. The second-order valence-corrected chi connectivity index (χ2v) is 6.30. The first kappa shape index (κ1) is 17.9. The molecule has 2 amide bonds. The third-order valence-electron chi connectivity index (χ3n) is 4.43. The molecule has 5 nitrogen and oxygen atoms in total. The van der Waals surface area contributed by atoms with Crippen LogP contribution in [0.5, 0.6) is 5.75 Å². The van der Waals surface area contributed by atoms with Gasteiger partial charge in [-0.2, -0.15) is 0 Å². The summed E-state index contributed by atoms with van der Waals surface area (Å²) in [6, 6.07) is 15.4. The summed E-state index contributed by atoms with van der Waals surface area (Å²) in [7, 11) is 1.63. The summed E-state index contributed by atoms with van der Waals surface area (Å²) in [6.45, 7) is 2.23. The zero-order valence-electron chi connectivity index (χ0n) is 15.1. The monoisotopic (exact) mass is 351 g/mol. The Balaban J connectivity index is 1.50. The van der Waals surface area contributed by atoms with E-state index in [0.717, 1.165) is 30.1 Å². The minimum absolute atomic E-state index is 0.269. The Kier molecular flexibility index (Phi) is 6.14. The van der Waals surface area contributed by atoms with Crippen LogP contribution in [0.25, 0.3) is 6.08 Å². The van der Waals surface area contributed by atoms with Crippen molar-refractivity contribution in [1.29, 1.82) is 0 Å². The van der Waals surface area contributed by atoms with E-state index < -0.39 is 0 Å². The highest BCUT2D eigenvalue weighted by Crippen LogP contribution is 2.21. The molecule has 0 aliphatic carbocycles. The van der Waals surface area contributed by atoms with Crippen molar-refractivity contribution < 1.29 is 9.53 Å². The van der Waals surface area contributed by atoms with Gasteiger partial charge in [0.1, 0.15) is 5.75 Å². The third-order valence-corrected chi connectivity index (χ3v) is 4.43. The number of hydrogen-bond acceptors (Lipinski definition) is 3. The fraction of sp³-hybridized carbons (Fsp3) is 0.286. The largest absolute Gasteiger partial charge is 0.497 e. The number of methoxy groups -OCH3 is 1. The maximum absolute atomic E-state index is 12.0. The van der Waals surface area contributed by atoms with Crippen molar-refractivity contribution in [2.75, 3.05) is 30.4 Å². The van der Waals surface area contributed by atoms with Gasteiger partial charge < -0.3 is 20.3 Å². The molecule has 1 heterocycles. The van der Waals surface area contributed by atoms with Gasteiger partial charge in [0, 0.05) is 30.7 Å². The maximum atomic E-state index is 12.0. The number of anilines is 2. The van der Waals surface area contributed by atoms with Crippen LogP contribution in [0.15, 0.2) is 54.7 Å². The van der Waals surface area contributed by atoms with Gasteiger partial charge in [-0.15, -0.1) is 0 Å². The Bertz CT molecular complexity index is 750. The van der Waals surface area contributed by atoms with Crippen molar-refractivity contribution >= 4 is 23.5 Å². The Morgan fingerprint density at radius 3 is 2.58 bits per heavy atom. The van der Waals surface area contributed by atoms with Gasteiger partial charge in [-0.1, -0.05) is 12.1 Å². The molecule has 5 heteroatoms. The summed E-state index contributed by atoms with van der Waals surface area (Å²) in [5, 5.41) is 5.55. The van der Waals surface area contributed by atoms with Crippen LogP contribution in [0.3, 0.4) is 0 Å². The van der Waals surface area contributed by atoms with Crippen molar-refractivity contribution in [3.63, 3.8) is 0 Å². The molecule has 26 heavy (non-hydrogen) atoms. The first-order valence-corrected chi connectivity index (χ1v) is 8.98. The lowest BCUT2D eigenvalue weighted by molar-refractivity contribution is 0.255. The summed E-state index contributed by atoms with van der Waals surface area (Å²) in [5.41, 5.74) is 2.95. The number of nitrogens with zero attached hydrogens (tertiary/aromatic N) is 1. The molecule has 0 spiro atoms. The summed E-state index contributed by atoms with van der Waals surface area (Å²) in [4.78, 5) is 14.4. The molecule has 1 fully saturated rings. The van der Waals surface area contributed by atoms with Crippen molar-refractivity contribution in [1.82, 2.24) is 5.32 Å². The average Bonchev–Trinajstić information content (AvgIpc) is 2.69. The molecule has 0 aromatic heterocycles. The van der Waals surface area contributed by atoms with E-state index in [2.05, 4.69) is 27.7 Å². The zero-order chi connectivity index (χ0) is 18.2. The second kappa shape index (κ2) is 8.94. The van der Waals surface area contributed by atoms with E-state index in [1.54, 1.807) is 13.3 Å². The second-order valence-electron chi connectivity index (χ2n) is 6.30. The highest BCUT2D eigenvalue weighted by molar-refractivity contribution is 5.90. The van der Waals surface area contributed by atoms with Gasteiger partial charge >= 0.3 is 6.03 Å². The molecule has 0 saturated carbocycles. The molecule has 1 aliphatic heterocycles. The first-order valence-electron chi connectivity index (χ1n) is 8.98. The molecule has 2 aromatic rings. The fourth-order valence-corrected chi connectivity index (χ4v) is 3.03. The molecule has 0 bridgehead atoms. The van der Waals surface area contributed by atoms with Crippen molar-refractivity contribution in [2.45, 2.75) is 19.3 Å². The van der Waals surface area contributed by atoms with Crippen LogP contribution in [0, 0.1) is 0 Å². The number of carbonyl (C=O) groups excluding carboxylic acids is 1. The maximum Gasteiger partial charge on any atom is 0.323 e. The molecule has 0 unspecified atom stereocenters. The van der Waals surface area contributed by atoms with E-state index in [4.69, 9.17) is 4.74 Å². The van der Waals surface area contributed by atoms with Crippen molar-refractivity contribution in [3.05, 3.63) is 60.3 Å². The Morgan fingerprint density at radius 2 is 1.85 bits per heavy atom. The van der Waals surface area contributed by atoms with Gasteiger partial charge in [0.25, 0.3) is 0 Å². The molecular formula is C21H25N3O2. The summed E-state index contributed by atoms with van der Waals surface area (Å²) < 4.78 is 5.18. The number of hydrogen-bond donors (Lipinski definition) is 2. The molecule has 0 radical (unpaired) electrons. The SMILES string of the molecule is COc1cccc(/C=C/NC(=O)Nc2ccc(N3CCCCC3)cc2)c1. The number of piperidine rings is 1. The van der Waals surface area contributed by atoms with Gasteiger partial charge in [0.15, 0.2) is 0 Å². The molecule has 1 saturated heterocycles. The predicted molar refractivity (Wildman–Crippen MR) is 107 cm³/mol. The standard InChI is InChI=1S/C21H25N3O2/c1-26-20-7-5-6-17(16-20)12-13-22-21(25)23-18-8-10-19(11-9-18)24-14-3-2-4-15-24/h5-13,16H,2-4,14-15H2,1H3,(H2,22,23,25)/b13-12+. The molecule has 2 aromatic carbocycles. The van der Waals surface area contributed by atoms with Gasteiger partial charge in [-0.3, -0.25) is 0 Å². The quantitative estimate of drug-likeness (QED) is 0.835. The number of amides is 2. The van der Waals surface area contributed by atoms with Crippen LogP contribution in [0.4, 0.5) is 16.2 Å². The lowest BCUT2D eigenvalue weighted by atomic mass is 10.1. The lowest BCUT2D eigenvalue weighted by Gasteiger charge is -2.28. The number of urea groups is 1. The van der Waals surface area contributed by atoms with Crippen LogP contribution in [-0.2, 0) is 0 Å². The number of rotatable bonds is 5. The lowest BCUT2D eigenvalue weighted by Crippen LogP contribution is -2.29. The Morgan fingerprint density at radius 1 is 1.08 bits per heavy atom. The molecule has 136 valence electrons. The number of nitrogens with one attached hydrogen (secondary N) is 2. The minimum Gasteiger partial charge on any atom is -0.497 e. The van der Waals surface area contributed by atoms with Crippen LogP contribution >= 0.6 is 0 Å². The Labute approximate surface area is 154 Å². The number of ether oxygens (including phenoxy) is 1. The minimum atomic E-state index is -0.269. The average molecular weight is 351 g/mol. The predicted octanol–water partition coefficient (Wildman–Crippen LogP) is 4.48. The highest BCUT2D eigenvalue weighted by atomic mass is 16.5. The number of carbonyl (C=O) groups is 1. The molecular weight excluding hydrogens is 326 g/mol. The van der Waals surface area contributed by atoms with Crippen molar-refractivity contribution in [2.24, 2.45) is 0 Å². The Hall–Kier alpha value is -2.95. The van der Waals surface area contributed by atoms with E-state index in [1.807, 2.05) is 42.5 Å². The van der Waals surface area contributed by atoms with Crippen LogP contribution in [0.1, 0.15) is 24.8 Å². The van der Waals surface area contributed by atoms with E-state index >= 15 is 0 Å². The zero-order valence-corrected chi connectivity index (χ0v) is 15.1.